The van der Waals surface area contributed by atoms with Crippen LogP contribution in [0.4, 0.5) is 0 Å². The van der Waals surface area contributed by atoms with Crippen LogP contribution in [0.2, 0.25) is 0 Å². The summed E-state index contributed by atoms with van der Waals surface area (Å²) >= 11 is 0. The van der Waals surface area contributed by atoms with E-state index in [9.17, 15) is 0 Å². The van der Waals surface area contributed by atoms with Crippen LogP contribution in [0.15, 0.2) is 22.7 Å². The summed E-state index contributed by atoms with van der Waals surface area (Å²) in [4.78, 5) is 4.60. The van der Waals surface area contributed by atoms with Gasteiger partial charge in [0.05, 0.1) is 5.92 Å². The molecule has 2 atom stereocenters. The number of aryl methyl sites for hydroxylation is 2. The van der Waals surface area contributed by atoms with Gasteiger partial charge in [-0.3, -0.25) is 0 Å². The second-order valence-electron chi connectivity index (χ2n) is 6.04. The number of fused-ring (bicyclic) bond motifs is 1. The Bertz CT molecular complexity index is 634. The molecule has 0 spiro atoms. The van der Waals surface area contributed by atoms with Gasteiger partial charge in [-0.15, -0.1) is 0 Å². The summed E-state index contributed by atoms with van der Waals surface area (Å²) in [6.07, 6.45) is 4.73. The smallest absolute Gasteiger partial charge is 0.231 e. The molecule has 2 unspecified atom stereocenters. The molecule has 2 aliphatic rings. The molecule has 2 heterocycles. The third-order valence-corrected chi connectivity index (χ3v) is 4.50. The molecular weight excluding hydrogens is 250 g/mol. The van der Waals surface area contributed by atoms with Crippen LogP contribution in [0.5, 0.6) is 0 Å². The predicted octanol–water partition coefficient (Wildman–Crippen LogP) is 2.69. The molecule has 0 radical (unpaired) electrons. The third-order valence-electron chi connectivity index (χ3n) is 4.50. The average Bonchev–Trinajstić information content (AvgIpc) is 3.17. The van der Waals surface area contributed by atoms with Gasteiger partial charge < -0.3 is 9.84 Å². The summed E-state index contributed by atoms with van der Waals surface area (Å²) in [6, 6.07) is 7.10. The van der Waals surface area contributed by atoms with Crippen molar-refractivity contribution < 1.29 is 4.52 Å². The van der Waals surface area contributed by atoms with Gasteiger partial charge in [0.15, 0.2) is 0 Å². The van der Waals surface area contributed by atoms with E-state index in [1.807, 2.05) is 0 Å². The van der Waals surface area contributed by atoms with E-state index in [0.717, 1.165) is 30.2 Å². The SMILES string of the molecule is CC1CC(c2nc(-c3ccc4c(c3)CCC4)no2)CN1. The molecule has 4 heteroatoms. The van der Waals surface area contributed by atoms with E-state index in [2.05, 4.69) is 40.6 Å². The molecule has 0 saturated carbocycles. The second kappa shape index (κ2) is 4.70. The summed E-state index contributed by atoms with van der Waals surface area (Å²) < 4.78 is 5.47. The topological polar surface area (TPSA) is 51.0 Å². The van der Waals surface area contributed by atoms with Crippen molar-refractivity contribution in [2.24, 2.45) is 0 Å². The molecule has 1 aliphatic heterocycles. The molecule has 1 N–H and O–H groups in total. The van der Waals surface area contributed by atoms with Crippen molar-refractivity contribution in [3.05, 3.63) is 35.2 Å². The Morgan fingerprint density at radius 3 is 3.00 bits per heavy atom. The van der Waals surface area contributed by atoms with Crippen LogP contribution in [-0.4, -0.2) is 22.7 Å². The first-order valence-electron chi connectivity index (χ1n) is 7.49. The molecule has 104 valence electrons. The van der Waals surface area contributed by atoms with Crippen molar-refractivity contribution in [3.8, 4) is 11.4 Å². The normalized spacial score (nSPS) is 25.1. The minimum Gasteiger partial charge on any atom is -0.339 e. The van der Waals surface area contributed by atoms with Crippen LogP contribution in [0, 0.1) is 0 Å². The molecule has 1 aromatic heterocycles. The lowest BCUT2D eigenvalue weighted by Crippen LogP contribution is -2.16. The summed E-state index contributed by atoms with van der Waals surface area (Å²) in [6.45, 7) is 3.13. The van der Waals surface area contributed by atoms with E-state index in [0.29, 0.717) is 12.0 Å². The van der Waals surface area contributed by atoms with Gasteiger partial charge in [-0.25, -0.2) is 0 Å². The first-order chi connectivity index (χ1) is 9.79. The van der Waals surface area contributed by atoms with Crippen molar-refractivity contribution in [2.75, 3.05) is 6.54 Å². The zero-order chi connectivity index (χ0) is 13.5. The van der Waals surface area contributed by atoms with E-state index in [4.69, 9.17) is 4.52 Å². The minimum atomic E-state index is 0.362. The fraction of sp³-hybridized carbons (Fsp3) is 0.500. The molecule has 1 aliphatic carbocycles. The number of aromatic nitrogens is 2. The summed E-state index contributed by atoms with van der Waals surface area (Å²) in [5.74, 6) is 1.87. The quantitative estimate of drug-likeness (QED) is 0.910. The van der Waals surface area contributed by atoms with Gasteiger partial charge in [0.1, 0.15) is 0 Å². The van der Waals surface area contributed by atoms with Gasteiger partial charge >= 0.3 is 0 Å². The second-order valence-corrected chi connectivity index (χ2v) is 6.04. The van der Waals surface area contributed by atoms with Crippen molar-refractivity contribution >= 4 is 0 Å². The highest BCUT2D eigenvalue weighted by Crippen LogP contribution is 2.29. The molecule has 4 nitrogen and oxygen atoms in total. The molecule has 0 bridgehead atoms. The zero-order valence-corrected chi connectivity index (χ0v) is 11.7. The third kappa shape index (κ3) is 2.04. The summed E-state index contributed by atoms with van der Waals surface area (Å²) in [5, 5.41) is 7.59. The Kier molecular flexibility index (Phi) is 2.84. The maximum Gasteiger partial charge on any atom is 0.231 e. The lowest BCUT2D eigenvalue weighted by atomic mass is 10.1. The maximum absolute atomic E-state index is 5.47. The monoisotopic (exact) mass is 269 g/mol. The van der Waals surface area contributed by atoms with Crippen LogP contribution in [0.3, 0.4) is 0 Å². The Morgan fingerprint density at radius 2 is 2.15 bits per heavy atom. The molecule has 20 heavy (non-hydrogen) atoms. The maximum atomic E-state index is 5.47. The van der Waals surface area contributed by atoms with Crippen LogP contribution in [0.25, 0.3) is 11.4 Å². The Morgan fingerprint density at radius 1 is 1.25 bits per heavy atom. The standard InChI is InChI=1S/C16H19N3O/c1-10-7-14(9-17-10)16-18-15(19-20-16)13-6-5-11-3-2-4-12(11)8-13/h5-6,8,10,14,17H,2-4,7,9H2,1H3. The van der Waals surface area contributed by atoms with Gasteiger partial charge in [0.2, 0.25) is 11.7 Å². The highest BCUT2D eigenvalue weighted by Gasteiger charge is 2.27. The number of hydrogen-bond donors (Lipinski definition) is 1. The lowest BCUT2D eigenvalue weighted by Gasteiger charge is -2.01. The van der Waals surface area contributed by atoms with Crippen molar-refractivity contribution in [2.45, 2.75) is 44.6 Å². The molecule has 2 aromatic rings. The molecular formula is C16H19N3O. The number of benzene rings is 1. The van der Waals surface area contributed by atoms with Gasteiger partial charge in [0, 0.05) is 18.2 Å². The minimum absolute atomic E-state index is 0.362. The Labute approximate surface area is 118 Å². The first kappa shape index (κ1) is 12.1. The van der Waals surface area contributed by atoms with E-state index in [1.165, 1.54) is 30.4 Å². The van der Waals surface area contributed by atoms with Crippen LogP contribution in [0.1, 0.15) is 42.7 Å². The van der Waals surface area contributed by atoms with Gasteiger partial charge in [-0.1, -0.05) is 17.3 Å². The highest BCUT2D eigenvalue weighted by atomic mass is 16.5. The van der Waals surface area contributed by atoms with Crippen molar-refractivity contribution in [1.82, 2.24) is 15.5 Å². The van der Waals surface area contributed by atoms with E-state index in [-0.39, 0.29) is 0 Å². The summed E-state index contributed by atoms with van der Waals surface area (Å²) in [7, 11) is 0. The van der Waals surface area contributed by atoms with Gasteiger partial charge in [0.25, 0.3) is 0 Å². The van der Waals surface area contributed by atoms with Crippen LogP contribution < -0.4 is 5.32 Å². The van der Waals surface area contributed by atoms with E-state index >= 15 is 0 Å². The van der Waals surface area contributed by atoms with Gasteiger partial charge in [-0.05, 0) is 49.8 Å². The number of nitrogens with zero attached hydrogens (tertiary/aromatic N) is 2. The molecule has 1 fully saturated rings. The fourth-order valence-corrected chi connectivity index (χ4v) is 3.35. The fourth-order valence-electron chi connectivity index (χ4n) is 3.35. The zero-order valence-electron chi connectivity index (χ0n) is 11.7. The molecule has 4 rings (SSSR count). The molecule has 1 aromatic carbocycles. The first-order valence-corrected chi connectivity index (χ1v) is 7.49. The van der Waals surface area contributed by atoms with Crippen molar-refractivity contribution in [3.63, 3.8) is 0 Å². The van der Waals surface area contributed by atoms with Crippen LogP contribution in [-0.2, 0) is 12.8 Å². The molecule has 0 amide bonds. The predicted molar refractivity (Wildman–Crippen MR) is 76.6 cm³/mol. The Balaban J connectivity index is 1.61. The van der Waals surface area contributed by atoms with Crippen molar-refractivity contribution in [1.29, 1.82) is 0 Å². The molecule has 1 saturated heterocycles. The number of rotatable bonds is 2. The lowest BCUT2D eigenvalue weighted by molar-refractivity contribution is 0.358. The summed E-state index contributed by atoms with van der Waals surface area (Å²) in [5.41, 5.74) is 4.01. The van der Waals surface area contributed by atoms with E-state index in [1.54, 1.807) is 0 Å². The number of hydrogen-bond acceptors (Lipinski definition) is 4. The Hall–Kier alpha value is -1.68. The van der Waals surface area contributed by atoms with E-state index < -0.39 is 0 Å². The average molecular weight is 269 g/mol. The largest absolute Gasteiger partial charge is 0.339 e. The number of nitrogens with one attached hydrogen (secondary N) is 1. The van der Waals surface area contributed by atoms with Gasteiger partial charge in [-0.2, -0.15) is 4.98 Å². The highest BCUT2D eigenvalue weighted by molar-refractivity contribution is 5.57. The van der Waals surface area contributed by atoms with Crippen LogP contribution >= 0.6 is 0 Å².